The summed E-state index contributed by atoms with van der Waals surface area (Å²) < 4.78 is 0. The van der Waals surface area contributed by atoms with E-state index in [-0.39, 0.29) is 22.2 Å². The van der Waals surface area contributed by atoms with Gasteiger partial charge in [0.15, 0.2) is 0 Å². The summed E-state index contributed by atoms with van der Waals surface area (Å²) in [4.78, 5) is 33.4. The number of nitrogens with zero attached hydrogens (tertiary/aromatic N) is 1. The molecule has 2 aromatic carbocycles. The lowest BCUT2D eigenvalue weighted by atomic mass is 10.1. The van der Waals surface area contributed by atoms with E-state index in [1.165, 1.54) is 19.1 Å². The number of rotatable bonds is 4. The zero-order valence-corrected chi connectivity index (χ0v) is 13.7. The van der Waals surface area contributed by atoms with Gasteiger partial charge in [-0.3, -0.25) is 19.7 Å². The van der Waals surface area contributed by atoms with E-state index in [1.54, 1.807) is 25.1 Å². The normalized spacial score (nSPS) is 10.1. The van der Waals surface area contributed by atoms with E-state index in [0.717, 1.165) is 11.6 Å². The van der Waals surface area contributed by atoms with Crippen molar-refractivity contribution in [1.82, 2.24) is 0 Å². The Balaban J connectivity index is 2.19. The van der Waals surface area contributed by atoms with Crippen molar-refractivity contribution < 1.29 is 14.5 Å². The number of nitro groups is 1. The molecule has 2 N–H and O–H groups in total. The smallest absolute Gasteiger partial charge is 0.270 e. The molecule has 0 atom stereocenters. The highest BCUT2D eigenvalue weighted by Crippen LogP contribution is 2.24. The van der Waals surface area contributed by atoms with Crippen LogP contribution in [0.5, 0.6) is 0 Å². The van der Waals surface area contributed by atoms with Gasteiger partial charge in [-0.25, -0.2) is 0 Å². The summed E-state index contributed by atoms with van der Waals surface area (Å²) in [6.45, 7) is 3.20. The molecule has 0 aliphatic rings. The predicted octanol–water partition coefficient (Wildman–Crippen LogP) is 3.77. The maximum absolute atomic E-state index is 12.3. The fourth-order valence-electron chi connectivity index (χ4n) is 2.07. The molecule has 0 aliphatic carbocycles. The first-order chi connectivity index (χ1) is 11.3. The van der Waals surface area contributed by atoms with Crippen LogP contribution in [0.2, 0.25) is 5.02 Å². The molecule has 24 heavy (non-hydrogen) atoms. The fourth-order valence-corrected chi connectivity index (χ4v) is 2.33. The molecule has 2 aromatic rings. The van der Waals surface area contributed by atoms with E-state index in [9.17, 15) is 19.7 Å². The average molecular weight is 348 g/mol. The Morgan fingerprint density at radius 3 is 2.38 bits per heavy atom. The molecule has 124 valence electrons. The molecular formula is C16H14ClN3O4. The lowest BCUT2D eigenvalue weighted by Gasteiger charge is -2.10. The summed E-state index contributed by atoms with van der Waals surface area (Å²) in [5.74, 6) is -0.672. The van der Waals surface area contributed by atoms with Crippen LogP contribution in [0.15, 0.2) is 36.4 Å². The number of halogens is 1. The molecule has 0 bridgehead atoms. The van der Waals surface area contributed by atoms with Gasteiger partial charge in [-0.2, -0.15) is 0 Å². The Kier molecular flexibility index (Phi) is 5.15. The molecule has 0 fully saturated rings. The third-order valence-electron chi connectivity index (χ3n) is 3.20. The summed E-state index contributed by atoms with van der Waals surface area (Å²) in [5.41, 5.74) is 1.88. The summed E-state index contributed by atoms with van der Waals surface area (Å²) in [7, 11) is 0. The third kappa shape index (κ3) is 4.08. The number of non-ortho nitro benzene ring substituents is 1. The zero-order valence-electron chi connectivity index (χ0n) is 12.9. The van der Waals surface area contributed by atoms with E-state index >= 15 is 0 Å². The van der Waals surface area contributed by atoms with E-state index in [0.29, 0.717) is 11.4 Å². The molecule has 2 amide bonds. The van der Waals surface area contributed by atoms with Crippen LogP contribution in [-0.2, 0) is 4.79 Å². The van der Waals surface area contributed by atoms with Gasteiger partial charge in [-0.1, -0.05) is 11.6 Å². The molecule has 0 heterocycles. The first-order valence-electron chi connectivity index (χ1n) is 6.91. The molecule has 8 heteroatoms. The molecule has 0 saturated heterocycles. The summed E-state index contributed by atoms with van der Waals surface area (Å²) in [6.07, 6.45) is 0. The second-order valence-electron chi connectivity index (χ2n) is 5.09. The standard InChI is InChI=1S/C16H14ClN3O4/c1-9-7-11(3-6-15(9)18-10(2)21)19-16(22)13-5-4-12(20(23)24)8-14(13)17/h3-8H,1-2H3,(H,18,21)(H,19,22). The van der Waals surface area contributed by atoms with E-state index in [2.05, 4.69) is 10.6 Å². The van der Waals surface area contributed by atoms with Crippen molar-refractivity contribution in [1.29, 1.82) is 0 Å². The maximum atomic E-state index is 12.3. The van der Waals surface area contributed by atoms with Crippen LogP contribution in [0.3, 0.4) is 0 Å². The Morgan fingerprint density at radius 1 is 1.12 bits per heavy atom. The van der Waals surface area contributed by atoms with Crippen LogP contribution in [-0.4, -0.2) is 16.7 Å². The van der Waals surface area contributed by atoms with Gasteiger partial charge in [0.25, 0.3) is 11.6 Å². The molecule has 0 spiro atoms. The highest BCUT2D eigenvalue weighted by atomic mass is 35.5. The Bertz CT molecular complexity index is 836. The van der Waals surface area contributed by atoms with E-state index < -0.39 is 10.8 Å². The number of nitrogens with one attached hydrogen (secondary N) is 2. The largest absolute Gasteiger partial charge is 0.326 e. The molecule has 7 nitrogen and oxygen atoms in total. The molecular weight excluding hydrogens is 334 g/mol. The van der Waals surface area contributed by atoms with Gasteiger partial charge in [0.05, 0.1) is 15.5 Å². The van der Waals surface area contributed by atoms with Gasteiger partial charge in [0, 0.05) is 30.4 Å². The molecule has 2 rings (SSSR count). The van der Waals surface area contributed by atoms with Crippen LogP contribution in [0.1, 0.15) is 22.8 Å². The molecule has 0 aromatic heterocycles. The first-order valence-corrected chi connectivity index (χ1v) is 7.29. The first kappa shape index (κ1) is 17.4. The summed E-state index contributed by atoms with van der Waals surface area (Å²) in [5, 5.41) is 16.0. The lowest BCUT2D eigenvalue weighted by molar-refractivity contribution is -0.384. The highest BCUT2D eigenvalue weighted by molar-refractivity contribution is 6.34. The third-order valence-corrected chi connectivity index (χ3v) is 3.52. The Hall–Kier alpha value is -2.93. The summed E-state index contributed by atoms with van der Waals surface area (Å²) >= 11 is 5.94. The van der Waals surface area contributed by atoms with Gasteiger partial charge in [0.1, 0.15) is 0 Å². The lowest BCUT2D eigenvalue weighted by Crippen LogP contribution is -2.13. The predicted molar refractivity (Wildman–Crippen MR) is 91.5 cm³/mol. The van der Waals surface area contributed by atoms with E-state index in [4.69, 9.17) is 11.6 Å². The topological polar surface area (TPSA) is 101 Å². The van der Waals surface area contributed by atoms with Crippen LogP contribution >= 0.6 is 11.6 Å². The van der Waals surface area contributed by atoms with Gasteiger partial charge < -0.3 is 10.6 Å². The van der Waals surface area contributed by atoms with Crippen molar-refractivity contribution in [3.05, 3.63) is 62.7 Å². The number of benzene rings is 2. The molecule has 0 unspecified atom stereocenters. The maximum Gasteiger partial charge on any atom is 0.270 e. The number of hydrogen-bond donors (Lipinski definition) is 2. The van der Waals surface area contributed by atoms with Crippen LogP contribution < -0.4 is 10.6 Å². The van der Waals surface area contributed by atoms with Gasteiger partial charge in [0.2, 0.25) is 5.91 Å². The zero-order chi connectivity index (χ0) is 17.9. The van der Waals surface area contributed by atoms with Crippen molar-refractivity contribution in [2.45, 2.75) is 13.8 Å². The van der Waals surface area contributed by atoms with E-state index in [1.807, 2.05) is 0 Å². The monoisotopic (exact) mass is 347 g/mol. The molecule has 0 aliphatic heterocycles. The summed E-state index contributed by atoms with van der Waals surface area (Å²) in [6, 6.07) is 8.64. The SMILES string of the molecule is CC(=O)Nc1ccc(NC(=O)c2ccc([N+](=O)[O-])cc2Cl)cc1C. The second kappa shape index (κ2) is 7.10. The van der Waals surface area contributed by atoms with Crippen molar-refractivity contribution >= 4 is 40.5 Å². The molecule has 0 radical (unpaired) electrons. The number of carbonyl (C=O) groups is 2. The quantitative estimate of drug-likeness (QED) is 0.649. The van der Waals surface area contributed by atoms with Gasteiger partial charge >= 0.3 is 0 Å². The number of aryl methyl sites for hydroxylation is 1. The van der Waals surface area contributed by atoms with Crippen LogP contribution in [0.25, 0.3) is 0 Å². The van der Waals surface area contributed by atoms with Crippen LogP contribution in [0, 0.1) is 17.0 Å². The van der Waals surface area contributed by atoms with Crippen molar-refractivity contribution in [2.75, 3.05) is 10.6 Å². The van der Waals surface area contributed by atoms with Crippen molar-refractivity contribution in [3.8, 4) is 0 Å². The minimum atomic E-state index is -0.586. The minimum Gasteiger partial charge on any atom is -0.326 e. The highest BCUT2D eigenvalue weighted by Gasteiger charge is 2.15. The van der Waals surface area contributed by atoms with Crippen molar-refractivity contribution in [3.63, 3.8) is 0 Å². The average Bonchev–Trinajstić information content (AvgIpc) is 2.49. The fraction of sp³-hybridized carbons (Fsp3) is 0.125. The second-order valence-corrected chi connectivity index (χ2v) is 5.49. The molecule has 0 saturated carbocycles. The minimum absolute atomic E-state index is 0.00621. The van der Waals surface area contributed by atoms with Crippen molar-refractivity contribution in [2.24, 2.45) is 0 Å². The van der Waals surface area contributed by atoms with Crippen LogP contribution in [0.4, 0.5) is 17.1 Å². The number of anilines is 2. The van der Waals surface area contributed by atoms with Gasteiger partial charge in [-0.05, 0) is 36.8 Å². The number of nitro benzene ring substituents is 1. The Labute approximate surface area is 142 Å². The Morgan fingerprint density at radius 2 is 1.83 bits per heavy atom. The number of hydrogen-bond acceptors (Lipinski definition) is 4. The number of carbonyl (C=O) groups excluding carboxylic acids is 2. The number of amides is 2. The van der Waals surface area contributed by atoms with Gasteiger partial charge in [-0.15, -0.1) is 0 Å².